The number of aromatic nitrogens is 2. The first kappa shape index (κ1) is 22.1. The monoisotopic (exact) mass is 432 g/mol. The lowest BCUT2D eigenvalue weighted by atomic mass is 9.87. The minimum absolute atomic E-state index is 0.0555. The molecule has 1 saturated heterocycles. The van der Waals surface area contributed by atoms with Gasteiger partial charge in [-0.05, 0) is 59.6 Å². The van der Waals surface area contributed by atoms with Crippen molar-refractivity contribution in [2.24, 2.45) is 0 Å². The third kappa shape index (κ3) is 4.85. The molecule has 4 rings (SSSR count). The Balaban J connectivity index is 1.23. The number of pyridine rings is 1. The molecule has 2 amide bonds. The highest BCUT2D eigenvalue weighted by molar-refractivity contribution is 5.94. The molecule has 0 atom stereocenters. The second-order valence-electron chi connectivity index (χ2n) is 9.63. The van der Waals surface area contributed by atoms with Crippen molar-refractivity contribution in [2.45, 2.75) is 51.4 Å². The van der Waals surface area contributed by atoms with E-state index in [0.29, 0.717) is 24.4 Å². The number of carbonyl (C=O) groups is 2. The number of amides is 2. The summed E-state index contributed by atoms with van der Waals surface area (Å²) in [6.45, 7) is 8.29. The quantitative estimate of drug-likeness (QED) is 0.628. The first-order valence-electron chi connectivity index (χ1n) is 11.4. The number of rotatable bonds is 5. The van der Waals surface area contributed by atoms with Gasteiger partial charge in [0, 0.05) is 49.4 Å². The van der Waals surface area contributed by atoms with Crippen molar-refractivity contribution >= 4 is 22.8 Å². The number of nitrogens with one attached hydrogen (secondary N) is 2. The van der Waals surface area contributed by atoms with E-state index in [1.165, 1.54) is 16.5 Å². The molecule has 0 radical (unpaired) electrons. The number of hydrogen-bond acceptors (Lipinski definition) is 3. The molecule has 0 spiro atoms. The maximum Gasteiger partial charge on any atom is 0.251 e. The van der Waals surface area contributed by atoms with Gasteiger partial charge in [-0.15, -0.1) is 0 Å². The van der Waals surface area contributed by atoms with Gasteiger partial charge in [-0.1, -0.05) is 32.9 Å². The third-order valence-electron chi connectivity index (χ3n) is 6.41. The Bertz CT molecular complexity index is 1090. The lowest BCUT2D eigenvalue weighted by molar-refractivity contribution is -0.132. The highest BCUT2D eigenvalue weighted by atomic mass is 16.2. The number of carbonyl (C=O) groups excluding carboxylic acids is 2. The number of hydrogen-bond donors (Lipinski definition) is 2. The molecule has 0 unspecified atom stereocenters. The predicted molar refractivity (Wildman–Crippen MR) is 127 cm³/mol. The highest BCUT2D eigenvalue weighted by Gasteiger charge is 2.25. The molecule has 0 bridgehead atoms. The first-order valence-corrected chi connectivity index (χ1v) is 11.4. The van der Waals surface area contributed by atoms with Crippen LogP contribution in [-0.2, 0) is 10.2 Å². The lowest BCUT2D eigenvalue weighted by Gasteiger charge is -2.32. The minimum Gasteiger partial charge on any atom is -0.352 e. The summed E-state index contributed by atoms with van der Waals surface area (Å²) in [7, 11) is 0. The Morgan fingerprint density at radius 1 is 1.12 bits per heavy atom. The van der Waals surface area contributed by atoms with Crippen LogP contribution in [-0.4, -0.2) is 46.3 Å². The van der Waals surface area contributed by atoms with Gasteiger partial charge in [0.25, 0.3) is 5.91 Å². The number of H-pyrrole nitrogens is 1. The minimum atomic E-state index is -0.134. The second kappa shape index (κ2) is 9.15. The molecule has 6 nitrogen and oxygen atoms in total. The molecule has 3 heterocycles. The molecule has 168 valence electrons. The molecule has 2 aromatic heterocycles. The number of piperidine rings is 1. The number of benzene rings is 1. The van der Waals surface area contributed by atoms with E-state index in [9.17, 15) is 9.59 Å². The van der Waals surface area contributed by atoms with Crippen molar-refractivity contribution in [3.05, 3.63) is 65.5 Å². The molecule has 1 fully saturated rings. The fraction of sp³-hybridized carbons (Fsp3) is 0.423. The molecule has 0 saturated carbocycles. The van der Waals surface area contributed by atoms with Crippen LogP contribution in [0.5, 0.6) is 0 Å². The molecule has 1 aliphatic rings. The smallest absolute Gasteiger partial charge is 0.251 e. The van der Waals surface area contributed by atoms with Crippen LogP contribution in [0.15, 0.2) is 48.8 Å². The van der Waals surface area contributed by atoms with E-state index >= 15 is 0 Å². The van der Waals surface area contributed by atoms with Gasteiger partial charge in [-0.25, -0.2) is 4.98 Å². The second-order valence-corrected chi connectivity index (χ2v) is 9.63. The van der Waals surface area contributed by atoms with Gasteiger partial charge < -0.3 is 15.2 Å². The van der Waals surface area contributed by atoms with E-state index in [4.69, 9.17) is 0 Å². The summed E-state index contributed by atoms with van der Waals surface area (Å²) in [6.07, 6.45) is 6.07. The van der Waals surface area contributed by atoms with Crippen LogP contribution in [0.4, 0.5) is 0 Å². The summed E-state index contributed by atoms with van der Waals surface area (Å²) in [6, 6.07) is 11.8. The fourth-order valence-corrected chi connectivity index (χ4v) is 4.42. The largest absolute Gasteiger partial charge is 0.352 e. The summed E-state index contributed by atoms with van der Waals surface area (Å²) in [5, 5.41) is 4.06. The van der Waals surface area contributed by atoms with E-state index in [2.05, 4.69) is 48.3 Å². The van der Waals surface area contributed by atoms with Crippen LogP contribution >= 0.6 is 0 Å². The summed E-state index contributed by atoms with van der Waals surface area (Å²) in [5.74, 6) is 0.408. The van der Waals surface area contributed by atoms with Gasteiger partial charge in [-0.3, -0.25) is 9.59 Å². The molecule has 2 N–H and O–H groups in total. The van der Waals surface area contributed by atoms with Gasteiger partial charge in [0.1, 0.15) is 5.65 Å². The summed E-state index contributed by atoms with van der Waals surface area (Å²) in [4.78, 5) is 34.6. The van der Waals surface area contributed by atoms with Crippen LogP contribution in [0.3, 0.4) is 0 Å². The summed E-state index contributed by atoms with van der Waals surface area (Å²) >= 11 is 0. The predicted octanol–water partition coefficient (Wildman–Crippen LogP) is 4.39. The van der Waals surface area contributed by atoms with E-state index in [0.717, 1.165) is 31.6 Å². The summed E-state index contributed by atoms with van der Waals surface area (Å²) < 4.78 is 0. The molecule has 6 heteroatoms. The van der Waals surface area contributed by atoms with Crippen LogP contribution in [0.2, 0.25) is 0 Å². The van der Waals surface area contributed by atoms with Gasteiger partial charge in [0.05, 0.1) is 0 Å². The molecule has 0 aliphatic carbocycles. The number of aromatic amines is 1. The van der Waals surface area contributed by atoms with Crippen molar-refractivity contribution in [2.75, 3.05) is 19.6 Å². The molecule has 1 aromatic carbocycles. The molecular weight excluding hydrogens is 400 g/mol. The normalized spacial score (nSPS) is 15.2. The van der Waals surface area contributed by atoms with Crippen LogP contribution < -0.4 is 5.32 Å². The highest BCUT2D eigenvalue weighted by Crippen LogP contribution is 2.32. The molecule has 1 aliphatic heterocycles. The van der Waals surface area contributed by atoms with E-state index in [-0.39, 0.29) is 17.2 Å². The van der Waals surface area contributed by atoms with Gasteiger partial charge in [-0.2, -0.15) is 0 Å². The van der Waals surface area contributed by atoms with Crippen molar-refractivity contribution in [3.63, 3.8) is 0 Å². The SMILES string of the molecule is CC(C)(C)c1ccc(C(=O)NCCC(=O)N2CCC(c3c[nH]c4ncccc34)CC2)cc1. The van der Waals surface area contributed by atoms with E-state index < -0.39 is 0 Å². The van der Waals surface area contributed by atoms with Crippen LogP contribution in [0, 0.1) is 0 Å². The van der Waals surface area contributed by atoms with Crippen molar-refractivity contribution in [3.8, 4) is 0 Å². The molecular formula is C26H32N4O2. The van der Waals surface area contributed by atoms with Crippen LogP contribution in [0.25, 0.3) is 11.0 Å². The van der Waals surface area contributed by atoms with E-state index in [1.807, 2.05) is 35.2 Å². The van der Waals surface area contributed by atoms with Gasteiger partial charge >= 0.3 is 0 Å². The Kier molecular flexibility index (Phi) is 6.31. The molecule has 3 aromatic rings. The zero-order chi connectivity index (χ0) is 22.7. The Hall–Kier alpha value is -3.15. The van der Waals surface area contributed by atoms with Crippen molar-refractivity contribution in [1.82, 2.24) is 20.2 Å². The fourth-order valence-electron chi connectivity index (χ4n) is 4.42. The first-order chi connectivity index (χ1) is 15.3. The van der Waals surface area contributed by atoms with Gasteiger partial charge in [0.2, 0.25) is 5.91 Å². The lowest BCUT2D eigenvalue weighted by Crippen LogP contribution is -2.39. The standard InChI is InChI=1S/C26H32N4O2/c1-26(2,3)20-8-6-19(7-9-20)25(32)28-14-10-23(31)30-15-11-18(12-16-30)22-17-29-24-21(22)5-4-13-27-24/h4-9,13,17-18H,10-12,14-16H2,1-3H3,(H,27,29)(H,28,32). The van der Waals surface area contributed by atoms with Crippen LogP contribution in [0.1, 0.15) is 67.4 Å². The zero-order valence-corrected chi connectivity index (χ0v) is 19.1. The maximum absolute atomic E-state index is 12.6. The average Bonchev–Trinajstić information content (AvgIpc) is 3.23. The Labute approximate surface area is 189 Å². The number of likely N-dealkylation sites (tertiary alicyclic amines) is 1. The number of nitrogens with zero attached hydrogens (tertiary/aromatic N) is 2. The topological polar surface area (TPSA) is 78.1 Å². The number of fused-ring (bicyclic) bond motifs is 1. The Morgan fingerprint density at radius 3 is 2.53 bits per heavy atom. The summed E-state index contributed by atoms with van der Waals surface area (Å²) in [5.41, 5.74) is 4.09. The van der Waals surface area contributed by atoms with Gasteiger partial charge in [0.15, 0.2) is 0 Å². The van der Waals surface area contributed by atoms with Crippen molar-refractivity contribution in [1.29, 1.82) is 0 Å². The Morgan fingerprint density at radius 2 is 1.84 bits per heavy atom. The maximum atomic E-state index is 12.6. The zero-order valence-electron chi connectivity index (χ0n) is 19.1. The molecule has 32 heavy (non-hydrogen) atoms. The average molecular weight is 433 g/mol. The van der Waals surface area contributed by atoms with E-state index in [1.54, 1.807) is 6.20 Å². The third-order valence-corrected chi connectivity index (χ3v) is 6.41. The van der Waals surface area contributed by atoms with Crippen molar-refractivity contribution < 1.29 is 9.59 Å².